The summed E-state index contributed by atoms with van der Waals surface area (Å²) >= 11 is 0. The maximum Gasteiger partial charge on any atom is 0.397 e. The summed E-state index contributed by atoms with van der Waals surface area (Å²) in [5, 5.41) is 2.07. The summed E-state index contributed by atoms with van der Waals surface area (Å²) < 4.78 is 65.2. The van der Waals surface area contributed by atoms with Crippen LogP contribution in [0.1, 0.15) is 0 Å². The summed E-state index contributed by atoms with van der Waals surface area (Å²) in [7, 11) is 0. The van der Waals surface area contributed by atoms with Crippen LogP contribution in [-0.2, 0) is 19.1 Å². The van der Waals surface area contributed by atoms with E-state index in [-0.39, 0.29) is 52.6 Å². The van der Waals surface area contributed by atoms with E-state index in [1.165, 1.54) is 0 Å². The number of hydrogen-bond acceptors (Lipinski definition) is 6. The molecular weight excluding hydrogens is 340 g/mol. The third-order valence-electron chi connectivity index (χ3n) is 3.51. The number of amides is 2. The molecule has 0 aromatic carbocycles. The minimum atomic E-state index is -5.21. The maximum atomic E-state index is 13.8. The van der Waals surface area contributed by atoms with Gasteiger partial charge in [0.25, 0.3) is 0 Å². The second kappa shape index (κ2) is 7.59. The van der Waals surface area contributed by atoms with Crippen molar-refractivity contribution in [1.29, 1.82) is 0 Å². The first-order valence-corrected chi connectivity index (χ1v) is 7.28. The Morgan fingerprint density at radius 3 is 1.29 bits per heavy atom. The summed E-state index contributed by atoms with van der Waals surface area (Å²) in [6.45, 7) is 0.973. The smallest absolute Gasteiger partial charge is 0.379 e. The number of hydrazine groups is 2. The van der Waals surface area contributed by atoms with Crippen LogP contribution in [0.2, 0.25) is 0 Å². The molecule has 2 aliphatic heterocycles. The number of rotatable bonds is 5. The molecule has 0 radical (unpaired) electrons. The minimum absolute atomic E-state index is 0.0768. The molecule has 0 aromatic heterocycles. The van der Waals surface area contributed by atoms with E-state index in [1.807, 2.05) is 0 Å². The molecule has 0 aliphatic carbocycles. The number of nitrogens with zero attached hydrogens (tertiary/aromatic N) is 2. The van der Waals surface area contributed by atoms with E-state index in [0.29, 0.717) is 0 Å². The maximum absolute atomic E-state index is 13.8. The molecule has 2 N–H and O–H groups in total. The highest BCUT2D eigenvalue weighted by atomic mass is 19.3. The SMILES string of the molecule is O=C(NN1CCOCC1)C(F)(F)C(F)(F)C(=O)NN1CCOCC1. The number of ether oxygens (including phenoxy) is 2. The Morgan fingerprint density at radius 1 is 0.708 bits per heavy atom. The predicted molar refractivity (Wildman–Crippen MR) is 71.0 cm³/mol. The minimum Gasteiger partial charge on any atom is -0.379 e. The fourth-order valence-corrected chi connectivity index (χ4v) is 2.06. The van der Waals surface area contributed by atoms with Crippen molar-refractivity contribution in [2.24, 2.45) is 0 Å². The lowest BCUT2D eigenvalue weighted by atomic mass is 10.1. The van der Waals surface area contributed by atoms with E-state index in [2.05, 4.69) is 0 Å². The van der Waals surface area contributed by atoms with Crippen LogP contribution >= 0.6 is 0 Å². The van der Waals surface area contributed by atoms with Gasteiger partial charge < -0.3 is 9.47 Å². The first-order chi connectivity index (χ1) is 11.2. The van der Waals surface area contributed by atoms with Crippen LogP contribution in [0.25, 0.3) is 0 Å². The number of alkyl halides is 4. The van der Waals surface area contributed by atoms with Crippen molar-refractivity contribution in [2.45, 2.75) is 11.8 Å². The Kier molecular flexibility index (Phi) is 5.96. The average Bonchev–Trinajstić information content (AvgIpc) is 2.56. The monoisotopic (exact) mass is 358 g/mol. The summed E-state index contributed by atoms with van der Waals surface area (Å²) in [6, 6.07) is 0. The lowest BCUT2D eigenvalue weighted by Crippen LogP contribution is -2.64. The quantitative estimate of drug-likeness (QED) is 0.613. The van der Waals surface area contributed by atoms with E-state index in [4.69, 9.17) is 9.47 Å². The van der Waals surface area contributed by atoms with Gasteiger partial charge in [0, 0.05) is 26.2 Å². The summed E-state index contributed by atoms with van der Waals surface area (Å²) in [4.78, 5) is 23.1. The molecule has 2 aliphatic rings. The van der Waals surface area contributed by atoms with Crippen molar-refractivity contribution in [1.82, 2.24) is 20.9 Å². The largest absolute Gasteiger partial charge is 0.397 e. The Balaban J connectivity index is 1.97. The molecule has 2 heterocycles. The van der Waals surface area contributed by atoms with Crippen LogP contribution in [0, 0.1) is 0 Å². The van der Waals surface area contributed by atoms with Gasteiger partial charge in [-0.3, -0.25) is 20.4 Å². The Morgan fingerprint density at radius 2 is 1.00 bits per heavy atom. The Hall–Kier alpha value is -1.50. The van der Waals surface area contributed by atoms with Crippen LogP contribution in [0.15, 0.2) is 0 Å². The molecule has 0 bridgehead atoms. The fourth-order valence-electron chi connectivity index (χ4n) is 2.06. The third kappa shape index (κ3) is 4.12. The molecule has 2 fully saturated rings. The van der Waals surface area contributed by atoms with E-state index < -0.39 is 23.7 Å². The van der Waals surface area contributed by atoms with Gasteiger partial charge in [0.2, 0.25) is 0 Å². The first kappa shape index (κ1) is 18.8. The summed E-state index contributed by atoms with van der Waals surface area (Å²) in [5.41, 5.74) is 3.39. The zero-order valence-corrected chi connectivity index (χ0v) is 12.7. The zero-order chi connectivity index (χ0) is 17.8. The molecule has 0 saturated carbocycles. The van der Waals surface area contributed by atoms with Crippen LogP contribution < -0.4 is 10.9 Å². The van der Waals surface area contributed by atoms with Crippen LogP contribution in [0.4, 0.5) is 17.6 Å². The van der Waals surface area contributed by atoms with Gasteiger partial charge in [-0.2, -0.15) is 17.6 Å². The van der Waals surface area contributed by atoms with Crippen molar-refractivity contribution in [2.75, 3.05) is 52.6 Å². The molecule has 0 atom stereocenters. The van der Waals surface area contributed by atoms with E-state index in [9.17, 15) is 27.2 Å². The number of carbonyl (C=O) groups is 2. The van der Waals surface area contributed by atoms with E-state index in [0.717, 1.165) is 10.0 Å². The van der Waals surface area contributed by atoms with Gasteiger partial charge in [0.1, 0.15) is 0 Å². The molecule has 2 rings (SSSR count). The van der Waals surface area contributed by atoms with Gasteiger partial charge in [-0.25, -0.2) is 10.0 Å². The molecule has 8 nitrogen and oxygen atoms in total. The standard InChI is InChI=1S/C12H18F4N4O4/c13-11(14,9(21)17-19-1-5-23-6-2-19)12(15,16)10(22)18-20-3-7-24-8-4-20/h1-8H2,(H,17,21)(H,18,22). The van der Waals surface area contributed by atoms with Crippen LogP contribution in [-0.4, -0.2) is 86.3 Å². The summed E-state index contributed by atoms with van der Waals surface area (Å²) in [5.74, 6) is -14.9. The molecule has 2 saturated heterocycles. The number of nitrogens with one attached hydrogen (secondary N) is 2. The topological polar surface area (TPSA) is 83.1 Å². The van der Waals surface area contributed by atoms with Crippen molar-refractivity contribution in [3.05, 3.63) is 0 Å². The lowest BCUT2D eigenvalue weighted by molar-refractivity contribution is -0.217. The Labute approximate surface area is 135 Å². The van der Waals surface area contributed by atoms with Gasteiger partial charge in [0.15, 0.2) is 0 Å². The zero-order valence-electron chi connectivity index (χ0n) is 12.7. The molecule has 0 aromatic rings. The molecule has 0 unspecified atom stereocenters. The predicted octanol–water partition coefficient (Wildman–Crippen LogP) is -1.02. The van der Waals surface area contributed by atoms with Gasteiger partial charge in [-0.1, -0.05) is 0 Å². The fraction of sp³-hybridized carbons (Fsp3) is 0.833. The van der Waals surface area contributed by atoms with Crippen molar-refractivity contribution < 1.29 is 36.6 Å². The van der Waals surface area contributed by atoms with E-state index in [1.54, 1.807) is 10.9 Å². The molecule has 24 heavy (non-hydrogen) atoms. The van der Waals surface area contributed by atoms with E-state index >= 15 is 0 Å². The van der Waals surface area contributed by atoms with Crippen molar-refractivity contribution in [3.8, 4) is 0 Å². The number of morpholine rings is 2. The first-order valence-electron chi connectivity index (χ1n) is 7.28. The number of halogens is 4. The highest BCUT2D eigenvalue weighted by molar-refractivity contribution is 5.94. The highest BCUT2D eigenvalue weighted by Crippen LogP contribution is 2.35. The normalized spacial score (nSPS) is 21.3. The number of carbonyl (C=O) groups excluding carboxylic acids is 2. The van der Waals surface area contributed by atoms with Crippen molar-refractivity contribution in [3.63, 3.8) is 0 Å². The second-order valence-corrected chi connectivity index (χ2v) is 5.23. The van der Waals surface area contributed by atoms with Gasteiger partial charge >= 0.3 is 23.7 Å². The molecule has 2 amide bonds. The Bertz CT molecular complexity index is 426. The van der Waals surface area contributed by atoms with Gasteiger partial charge in [-0.15, -0.1) is 0 Å². The van der Waals surface area contributed by atoms with Crippen LogP contribution in [0.5, 0.6) is 0 Å². The summed E-state index contributed by atoms with van der Waals surface area (Å²) in [6.07, 6.45) is 0. The molecule has 12 heteroatoms. The lowest BCUT2D eigenvalue weighted by Gasteiger charge is -2.32. The van der Waals surface area contributed by atoms with Gasteiger partial charge in [0.05, 0.1) is 26.4 Å². The average molecular weight is 358 g/mol. The van der Waals surface area contributed by atoms with Crippen molar-refractivity contribution >= 4 is 11.8 Å². The molecule has 0 spiro atoms. The molecular formula is C12H18F4N4O4. The third-order valence-corrected chi connectivity index (χ3v) is 3.51. The second-order valence-electron chi connectivity index (χ2n) is 5.23. The van der Waals surface area contributed by atoms with Crippen LogP contribution in [0.3, 0.4) is 0 Å². The molecule has 138 valence electrons. The van der Waals surface area contributed by atoms with Gasteiger partial charge in [-0.05, 0) is 0 Å². The highest BCUT2D eigenvalue weighted by Gasteiger charge is 2.67. The number of hydrogen-bond donors (Lipinski definition) is 2.